The number of aromatic nitrogens is 3. The average molecular weight is 445 g/mol. The smallest absolute Gasteiger partial charge is 0.410 e. The summed E-state index contributed by atoms with van der Waals surface area (Å²) < 4.78 is 9.94. The number of halogens is 1. The second-order valence-corrected chi connectivity index (χ2v) is 8.14. The summed E-state index contributed by atoms with van der Waals surface area (Å²) in [5, 5.41) is 11.6. The van der Waals surface area contributed by atoms with Gasteiger partial charge in [-0.25, -0.2) is 14.8 Å². The average Bonchev–Trinajstić information content (AvgIpc) is 3.10. The number of carbonyl (C=O) groups is 1. The maximum absolute atomic E-state index is 10.8. The predicted octanol–water partition coefficient (Wildman–Crippen LogP) is 4.95. The van der Waals surface area contributed by atoms with E-state index in [1.807, 2.05) is 30.3 Å². The summed E-state index contributed by atoms with van der Waals surface area (Å²) in [5.41, 5.74) is 3.61. The van der Waals surface area contributed by atoms with E-state index < -0.39 is 6.09 Å². The molecule has 0 radical (unpaired) electrons. The fourth-order valence-electron chi connectivity index (χ4n) is 3.36. The van der Waals surface area contributed by atoms with Crippen LogP contribution in [-0.2, 0) is 6.54 Å². The molecular formula is C18H13BrN4O3S. The molecule has 136 valence electrons. The molecule has 27 heavy (non-hydrogen) atoms. The molecule has 7 nitrogen and oxygen atoms in total. The molecule has 9 heteroatoms. The third-order valence-electron chi connectivity index (χ3n) is 4.42. The summed E-state index contributed by atoms with van der Waals surface area (Å²) in [4.78, 5) is 20.0. The zero-order valence-corrected chi connectivity index (χ0v) is 16.3. The first kappa shape index (κ1) is 16.5. The number of ether oxygens (including phenoxy) is 1. The van der Waals surface area contributed by atoms with Gasteiger partial charge in [0.2, 0.25) is 0 Å². The van der Waals surface area contributed by atoms with Crippen LogP contribution >= 0.6 is 27.3 Å². The van der Waals surface area contributed by atoms with E-state index in [1.165, 1.54) is 11.3 Å². The molecular weight excluding hydrogens is 432 g/mol. The monoisotopic (exact) mass is 444 g/mol. The van der Waals surface area contributed by atoms with Crippen LogP contribution in [0.5, 0.6) is 5.75 Å². The highest BCUT2D eigenvalue weighted by Crippen LogP contribution is 2.37. The van der Waals surface area contributed by atoms with Gasteiger partial charge in [-0.05, 0) is 36.8 Å². The molecule has 5 rings (SSSR count). The van der Waals surface area contributed by atoms with Crippen molar-refractivity contribution in [2.24, 2.45) is 0 Å². The summed E-state index contributed by atoms with van der Waals surface area (Å²) in [6.07, 6.45) is -0.215. The minimum Gasteiger partial charge on any atom is -0.491 e. The Labute approximate surface area is 165 Å². The van der Waals surface area contributed by atoms with E-state index in [9.17, 15) is 4.79 Å². The number of benzene rings is 2. The normalized spacial score (nSPS) is 13.5. The Morgan fingerprint density at radius 3 is 3.00 bits per heavy atom. The molecule has 1 aliphatic heterocycles. The Morgan fingerprint density at radius 1 is 1.26 bits per heavy atom. The summed E-state index contributed by atoms with van der Waals surface area (Å²) >= 11 is 4.83. The van der Waals surface area contributed by atoms with Crippen LogP contribution in [0, 0.1) is 0 Å². The summed E-state index contributed by atoms with van der Waals surface area (Å²) in [7, 11) is 0. The van der Waals surface area contributed by atoms with Crippen molar-refractivity contribution >= 4 is 59.7 Å². The molecule has 1 amide bonds. The fourth-order valence-corrected chi connectivity index (χ4v) is 4.68. The first-order valence-corrected chi connectivity index (χ1v) is 9.93. The van der Waals surface area contributed by atoms with Crippen molar-refractivity contribution in [3.63, 3.8) is 0 Å². The van der Waals surface area contributed by atoms with Crippen LogP contribution in [0.4, 0.5) is 9.93 Å². The number of hydrogen-bond donors (Lipinski definition) is 2. The molecule has 4 aromatic rings. The summed E-state index contributed by atoms with van der Waals surface area (Å²) in [5.74, 6) is 1.71. The van der Waals surface area contributed by atoms with E-state index in [-0.39, 0.29) is 0 Å². The van der Waals surface area contributed by atoms with E-state index in [0.29, 0.717) is 11.7 Å². The van der Waals surface area contributed by atoms with Crippen molar-refractivity contribution in [2.75, 3.05) is 11.9 Å². The lowest BCUT2D eigenvalue weighted by atomic mass is 10.2. The number of rotatable bonds is 2. The minimum absolute atomic E-state index is 0.362. The van der Waals surface area contributed by atoms with Crippen LogP contribution in [0.1, 0.15) is 6.42 Å². The lowest BCUT2D eigenvalue weighted by molar-refractivity contribution is 0.209. The molecule has 2 aromatic heterocycles. The number of aryl methyl sites for hydroxylation is 1. The van der Waals surface area contributed by atoms with Crippen molar-refractivity contribution in [3.8, 4) is 17.1 Å². The zero-order valence-electron chi connectivity index (χ0n) is 13.9. The van der Waals surface area contributed by atoms with E-state index in [2.05, 4.69) is 30.8 Å². The number of thiazole rings is 1. The van der Waals surface area contributed by atoms with Gasteiger partial charge in [0.15, 0.2) is 5.13 Å². The highest BCUT2D eigenvalue weighted by atomic mass is 79.9. The number of nitrogens with zero attached hydrogens (tertiary/aromatic N) is 3. The first-order chi connectivity index (χ1) is 13.1. The predicted molar refractivity (Wildman–Crippen MR) is 108 cm³/mol. The molecule has 0 unspecified atom stereocenters. The first-order valence-electron chi connectivity index (χ1n) is 8.32. The van der Waals surface area contributed by atoms with Crippen LogP contribution in [-0.4, -0.2) is 32.3 Å². The van der Waals surface area contributed by atoms with Gasteiger partial charge in [0, 0.05) is 16.6 Å². The standard InChI is InChI=1S/C18H13BrN4O3S/c19-10-7-12-15-13(8-10)26-5-1-4-23(15)16(20-12)9-2-3-11-14(6-9)27-17(21-11)22-18(24)25/h2-3,6-8H,1,4-5H2,(H,21,22)(H,24,25). The van der Waals surface area contributed by atoms with Gasteiger partial charge in [0.25, 0.3) is 0 Å². The molecule has 0 saturated carbocycles. The van der Waals surface area contributed by atoms with Crippen LogP contribution in [0.2, 0.25) is 0 Å². The van der Waals surface area contributed by atoms with E-state index in [4.69, 9.17) is 14.8 Å². The third kappa shape index (κ3) is 2.83. The SMILES string of the molecule is O=C(O)Nc1nc2ccc(-c3nc4cc(Br)cc5c4n3CCCO5)cc2s1. The molecule has 0 fully saturated rings. The topological polar surface area (TPSA) is 89.3 Å². The Balaban J connectivity index is 1.68. The van der Waals surface area contributed by atoms with Gasteiger partial charge in [0.1, 0.15) is 17.1 Å². The lowest BCUT2D eigenvalue weighted by Gasteiger charge is -2.07. The molecule has 0 saturated heterocycles. The highest BCUT2D eigenvalue weighted by molar-refractivity contribution is 9.10. The van der Waals surface area contributed by atoms with E-state index in [0.717, 1.165) is 55.8 Å². The van der Waals surface area contributed by atoms with Gasteiger partial charge in [0.05, 0.1) is 22.3 Å². The number of amides is 1. The molecule has 2 N–H and O–H groups in total. The minimum atomic E-state index is -1.12. The van der Waals surface area contributed by atoms with Gasteiger partial charge in [-0.15, -0.1) is 0 Å². The van der Waals surface area contributed by atoms with Crippen molar-refractivity contribution in [1.29, 1.82) is 0 Å². The molecule has 1 aliphatic rings. The van der Waals surface area contributed by atoms with Crippen LogP contribution < -0.4 is 10.1 Å². The van der Waals surface area contributed by atoms with Crippen LogP contribution in [0.25, 0.3) is 32.6 Å². The second-order valence-electron chi connectivity index (χ2n) is 6.19. The van der Waals surface area contributed by atoms with E-state index >= 15 is 0 Å². The summed E-state index contributed by atoms with van der Waals surface area (Å²) in [6.45, 7) is 1.50. The number of anilines is 1. The number of nitrogens with one attached hydrogen (secondary N) is 1. The largest absolute Gasteiger partial charge is 0.491 e. The van der Waals surface area contributed by atoms with Gasteiger partial charge < -0.3 is 14.4 Å². The Hall–Kier alpha value is -2.65. The molecule has 0 atom stereocenters. The van der Waals surface area contributed by atoms with Gasteiger partial charge in [-0.3, -0.25) is 5.32 Å². The number of hydrogen-bond acceptors (Lipinski definition) is 5. The summed E-state index contributed by atoms with van der Waals surface area (Å²) in [6, 6.07) is 9.84. The Morgan fingerprint density at radius 2 is 2.15 bits per heavy atom. The van der Waals surface area contributed by atoms with Crippen molar-refractivity contribution in [1.82, 2.24) is 14.5 Å². The van der Waals surface area contributed by atoms with Gasteiger partial charge >= 0.3 is 6.09 Å². The Bertz CT molecular complexity index is 1220. The van der Waals surface area contributed by atoms with Crippen LogP contribution in [0.3, 0.4) is 0 Å². The van der Waals surface area contributed by atoms with Crippen molar-refractivity contribution < 1.29 is 14.6 Å². The number of fused-ring (bicyclic) bond motifs is 1. The maximum atomic E-state index is 10.8. The van der Waals surface area contributed by atoms with Crippen LogP contribution in [0.15, 0.2) is 34.8 Å². The van der Waals surface area contributed by atoms with E-state index in [1.54, 1.807) is 0 Å². The van der Waals surface area contributed by atoms with Gasteiger partial charge in [-0.1, -0.05) is 27.3 Å². The zero-order chi connectivity index (χ0) is 18.5. The van der Waals surface area contributed by atoms with Crippen molar-refractivity contribution in [3.05, 3.63) is 34.8 Å². The highest BCUT2D eigenvalue weighted by Gasteiger charge is 2.20. The lowest BCUT2D eigenvalue weighted by Crippen LogP contribution is -2.06. The number of imidazole rings is 1. The molecule has 0 bridgehead atoms. The number of carboxylic acid groups (broad SMARTS) is 1. The quantitative estimate of drug-likeness (QED) is 0.456. The van der Waals surface area contributed by atoms with Gasteiger partial charge in [-0.2, -0.15) is 0 Å². The maximum Gasteiger partial charge on any atom is 0.410 e. The second kappa shape index (κ2) is 6.21. The molecule has 0 aliphatic carbocycles. The molecule has 2 aromatic carbocycles. The third-order valence-corrected chi connectivity index (χ3v) is 5.81. The molecule has 3 heterocycles. The molecule has 0 spiro atoms. The Kier molecular flexibility index (Phi) is 3.80. The van der Waals surface area contributed by atoms with Crippen molar-refractivity contribution in [2.45, 2.75) is 13.0 Å². The fraction of sp³-hybridized carbons (Fsp3) is 0.167.